The number of hydrogen-bond acceptors (Lipinski definition) is 4. The largest absolute Gasteiger partial charge is 0.336 e. The Hall–Kier alpha value is -0.920. The van der Waals surface area contributed by atoms with E-state index in [4.69, 9.17) is 5.73 Å². The van der Waals surface area contributed by atoms with Gasteiger partial charge < -0.3 is 10.3 Å². The number of nitrogens with zero attached hydrogens (tertiary/aromatic N) is 3. The third kappa shape index (κ3) is 2.98. The first-order valence-electron chi connectivity index (χ1n) is 6.83. The summed E-state index contributed by atoms with van der Waals surface area (Å²) < 4.78 is 28.6. The monoisotopic (exact) mass is 286 g/mol. The van der Waals surface area contributed by atoms with Crippen LogP contribution < -0.4 is 5.73 Å². The molecule has 108 valence electrons. The van der Waals surface area contributed by atoms with Crippen LogP contribution in [0.15, 0.2) is 17.6 Å². The van der Waals surface area contributed by atoms with E-state index in [-0.39, 0.29) is 11.1 Å². The first-order chi connectivity index (χ1) is 9.09. The van der Waals surface area contributed by atoms with E-state index in [1.54, 1.807) is 21.4 Å². The first-order valence-corrected chi connectivity index (χ1v) is 8.27. The fourth-order valence-electron chi connectivity index (χ4n) is 2.58. The van der Waals surface area contributed by atoms with Crippen LogP contribution in [0.1, 0.15) is 32.6 Å². The molecule has 1 aliphatic carbocycles. The molecule has 0 spiro atoms. The minimum absolute atomic E-state index is 0.0836. The average molecular weight is 286 g/mol. The Morgan fingerprint density at radius 3 is 2.68 bits per heavy atom. The van der Waals surface area contributed by atoms with Crippen LogP contribution in [0.2, 0.25) is 0 Å². The van der Waals surface area contributed by atoms with Crippen LogP contribution >= 0.6 is 0 Å². The molecule has 7 heteroatoms. The summed E-state index contributed by atoms with van der Waals surface area (Å²) in [5, 5.41) is 0.134. The van der Waals surface area contributed by atoms with Gasteiger partial charge >= 0.3 is 0 Å². The molecule has 19 heavy (non-hydrogen) atoms. The zero-order valence-corrected chi connectivity index (χ0v) is 12.1. The van der Waals surface area contributed by atoms with Crippen LogP contribution in [0.5, 0.6) is 0 Å². The van der Waals surface area contributed by atoms with Crippen molar-refractivity contribution in [2.45, 2.75) is 50.2 Å². The average Bonchev–Trinajstić information content (AvgIpc) is 3.06. The second-order valence-electron chi connectivity index (χ2n) is 4.89. The summed E-state index contributed by atoms with van der Waals surface area (Å²) in [7, 11) is -3.51. The first kappa shape index (κ1) is 14.5. The number of rotatable bonds is 6. The highest BCUT2D eigenvalue weighted by atomic mass is 32.2. The van der Waals surface area contributed by atoms with Gasteiger partial charge in [-0.1, -0.05) is 12.8 Å². The Morgan fingerprint density at radius 1 is 1.47 bits per heavy atom. The second-order valence-corrected chi connectivity index (χ2v) is 6.72. The summed E-state index contributed by atoms with van der Waals surface area (Å²) in [4.78, 5) is 4.03. The fourth-order valence-corrected chi connectivity index (χ4v) is 4.22. The number of sulfonamides is 1. The third-order valence-electron chi connectivity index (χ3n) is 3.63. The Kier molecular flexibility index (Phi) is 4.59. The quantitative estimate of drug-likeness (QED) is 0.838. The van der Waals surface area contributed by atoms with Gasteiger partial charge in [0.05, 0.1) is 6.33 Å². The minimum Gasteiger partial charge on any atom is -0.336 e. The van der Waals surface area contributed by atoms with Crippen molar-refractivity contribution in [3.63, 3.8) is 0 Å². The van der Waals surface area contributed by atoms with Crippen molar-refractivity contribution < 1.29 is 8.42 Å². The lowest BCUT2D eigenvalue weighted by molar-refractivity contribution is 0.327. The summed E-state index contributed by atoms with van der Waals surface area (Å²) in [6, 6.07) is 0.0836. The number of hydrogen-bond donors (Lipinski definition) is 1. The predicted molar refractivity (Wildman–Crippen MR) is 73.1 cm³/mol. The highest BCUT2D eigenvalue weighted by Crippen LogP contribution is 2.27. The second kappa shape index (κ2) is 6.02. The molecular weight excluding hydrogens is 264 g/mol. The summed E-state index contributed by atoms with van der Waals surface area (Å²) in [5.41, 5.74) is 5.57. The lowest BCUT2D eigenvalue weighted by Gasteiger charge is -2.26. The van der Waals surface area contributed by atoms with Gasteiger partial charge in [0.25, 0.3) is 10.0 Å². The van der Waals surface area contributed by atoms with Gasteiger partial charge in [-0.3, -0.25) is 0 Å². The van der Waals surface area contributed by atoms with Crippen LogP contribution in [0, 0.1) is 0 Å². The molecule has 0 atom stereocenters. The summed E-state index contributed by atoms with van der Waals surface area (Å²) in [6.07, 6.45) is 7.17. The van der Waals surface area contributed by atoms with Crippen molar-refractivity contribution in [2.24, 2.45) is 5.73 Å². The number of aromatic nitrogens is 2. The van der Waals surface area contributed by atoms with Gasteiger partial charge in [-0.25, -0.2) is 13.4 Å². The SMILES string of the molecule is CCn1cnc(S(=O)(=O)N(CCN)C2CCCC2)c1. The van der Waals surface area contributed by atoms with E-state index in [1.807, 2.05) is 6.92 Å². The van der Waals surface area contributed by atoms with E-state index < -0.39 is 10.0 Å². The lowest BCUT2D eigenvalue weighted by Crippen LogP contribution is -2.42. The molecule has 0 unspecified atom stereocenters. The molecule has 2 rings (SSSR count). The van der Waals surface area contributed by atoms with Gasteiger partial charge in [-0.05, 0) is 19.8 Å². The maximum atomic E-state index is 12.6. The highest BCUT2D eigenvalue weighted by molar-refractivity contribution is 7.89. The number of nitrogens with two attached hydrogens (primary N) is 1. The molecule has 1 fully saturated rings. The lowest BCUT2D eigenvalue weighted by atomic mass is 10.2. The van der Waals surface area contributed by atoms with Gasteiger partial charge in [0.15, 0.2) is 5.03 Å². The Labute approximate surface area is 114 Å². The molecule has 1 saturated carbocycles. The zero-order valence-electron chi connectivity index (χ0n) is 11.3. The molecular formula is C12H22N4O2S. The van der Waals surface area contributed by atoms with Crippen LogP contribution in [0.3, 0.4) is 0 Å². The Balaban J connectivity index is 2.27. The highest BCUT2D eigenvalue weighted by Gasteiger charge is 2.33. The van der Waals surface area contributed by atoms with E-state index in [9.17, 15) is 8.42 Å². The molecule has 0 radical (unpaired) electrons. The van der Waals surface area contributed by atoms with Crippen molar-refractivity contribution in [3.8, 4) is 0 Å². The van der Waals surface area contributed by atoms with Crippen molar-refractivity contribution in [1.82, 2.24) is 13.9 Å². The van der Waals surface area contributed by atoms with E-state index in [0.717, 1.165) is 25.7 Å². The minimum atomic E-state index is -3.51. The van der Waals surface area contributed by atoms with Gasteiger partial charge in [0, 0.05) is 31.9 Å². The number of imidazole rings is 1. The summed E-state index contributed by atoms with van der Waals surface area (Å²) >= 11 is 0. The molecule has 1 aromatic heterocycles. The van der Waals surface area contributed by atoms with E-state index in [0.29, 0.717) is 19.6 Å². The van der Waals surface area contributed by atoms with Gasteiger partial charge in [0.2, 0.25) is 0 Å². The van der Waals surface area contributed by atoms with Crippen molar-refractivity contribution in [1.29, 1.82) is 0 Å². The molecule has 1 heterocycles. The van der Waals surface area contributed by atoms with E-state index in [2.05, 4.69) is 4.98 Å². The Bertz CT molecular complexity index is 506. The van der Waals surface area contributed by atoms with Crippen LogP contribution in [0.4, 0.5) is 0 Å². The number of aryl methyl sites for hydroxylation is 1. The van der Waals surface area contributed by atoms with E-state index >= 15 is 0 Å². The normalized spacial score (nSPS) is 17.4. The molecule has 0 bridgehead atoms. The summed E-state index contributed by atoms with van der Waals surface area (Å²) in [5.74, 6) is 0. The molecule has 6 nitrogen and oxygen atoms in total. The van der Waals surface area contributed by atoms with Crippen molar-refractivity contribution >= 4 is 10.0 Å². The van der Waals surface area contributed by atoms with E-state index in [1.165, 1.54) is 0 Å². The molecule has 1 aromatic rings. The maximum absolute atomic E-state index is 12.6. The van der Waals surface area contributed by atoms with Gasteiger partial charge in [-0.2, -0.15) is 4.31 Å². The topological polar surface area (TPSA) is 81.2 Å². The molecule has 0 saturated heterocycles. The van der Waals surface area contributed by atoms with Crippen LogP contribution in [-0.4, -0.2) is 41.4 Å². The molecule has 2 N–H and O–H groups in total. The van der Waals surface area contributed by atoms with Gasteiger partial charge in [0.1, 0.15) is 0 Å². The zero-order chi connectivity index (χ0) is 13.9. The maximum Gasteiger partial charge on any atom is 0.262 e. The molecule has 0 aliphatic heterocycles. The van der Waals surface area contributed by atoms with Crippen molar-refractivity contribution in [3.05, 3.63) is 12.5 Å². The Morgan fingerprint density at radius 2 is 2.16 bits per heavy atom. The van der Waals surface area contributed by atoms with Gasteiger partial charge in [-0.15, -0.1) is 0 Å². The van der Waals surface area contributed by atoms with Crippen molar-refractivity contribution in [2.75, 3.05) is 13.1 Å². The predicted octanol–water partition coefficient (Wildman–Crippen LogP) is 0.795. The van der Waals surface area contributed by atoms with Crippen LogP contribution in [-0.2, 0) is 16.6 Å². The summed E-state index contributed by atoms with van der Waals surface area (Å²) in [6.45, 7) is 3.37. The molecule has 0 aromatic carbocycles. The third-order valence-corrected chi connectivity index (χ3v) is 5.47. The smallest absolute Gasteiger partial charge is 0.262 e. The molecule has 1 aliphatic rings. The fraction of sp³-hybridized carbons (Fsp3) is 0.750. The van der Waals surface area contributed by atoms with Crippen LogP contribution in [0.25, 0.3) is 0 Å². The standard InChI is InChI=1S/C12H22N4O2S/c1-2-15-9-12(14-10-15)19(17,18)16(8-7-13)11-5-3-4-6-11/h9-11H,2-8,13H2,1H3. The molecule has 0 amide bonds.